The van der Waals surface area contributed by atoms with Crippen LogP contribution < -0.4 is 5.32 Å². The van der Waals surface area contributed by atoms with E-state index in [1.165, 1.54) is 0 Å². The molecule has 28 heavy (non-hydrogen) atoms. The lowest BCUT2D eigenvalue weighted by atomic mass is 10.1. The first-order valence-electron chi connectivity index (χ1n) is 9.15. The van der Waals surface area contributed by atoms with Crippen molar-refractivity contribution >= 4 is 28.6 Å². The predicted octanol–water partition coefficient (Wildman–Crippen LogP) is 1.45. The lowest BCUT2D eigenvalue weighted by Gasteiger charge is -2.34. The number of nitrogens with one attached hydrogen (secondary N) is 1. The third-order valence-corrected chi connectivity index (χ3v) is 4.76. The summed E-state index contributed by atoms with van der Waals surface area (Å²) in [6.45, 7) is 4.44. The molecule has 3 aromatic rings. The van der Waals surface area contributed by atoms with Crippen LogP contribution >= 0.6 is 0 Å². The van der Waals surface area contributed by atoms with Crippen LogP contribution in [-0.2, 0) is 16.0 Å². The first-order chi connectivity index (χ1) is 13.6. The molecular formula is C19H21N5O4. The Morgan fingerprint density at radius 3 is 2.64 bits per heavy atom. The maximum Gasteiger partial charge on any atom is 0.239 e. The molecule has 2 aromatic heterocycles. The Morgan fingerprint density at radius 2 is 1.89 bits per heavy atom. The smallest absolute Gasteiger partial charge is 0.239 e. The predicted molar refractivity (Wildman–Crippen MR) is 101 cm³/mol. The van der Waals surface area contributed by atoms with Crippen molar-refractivity contribution in [3.8, 4) is 0 Å². The first-order valence-corrected chi connectivity index (χ1v) is 9.15. The number of nitrogens with zero attached hydrogens (tertiary/aromatic N) is 4. The second-order valence-electron chi connectivity index (χ2n) is 6.83. The standard InChI is InChI=1S/C19H21N5O4/c1-13-10-17(22-27-13)20-18(25)12-23-6-8-24(9-7-23)19(26)11-15-14-4-2-3-5-16(14)28-21-15/h2-5,10H,6-9,11-12H2,1H3,(H,20,22,25). The molecule has 0 unspecified atom stereocenters. The fraction of sp³-hybridized carbons (Fsp3) is 0.368. The summed E-state index contributed by atoms with van der Waals surface area (Å²) in [6.07, 6.45) is 0.211. The number of carbonyl (C=O) groups is 2. The molecule has 3 heterocycles. The summed E-state index contributed by atoms with van der Waals surface area (Å²) in [5.41, 5.74) is 1.34. The molecule has 0 saturated carbocycles. The summed E-state index contributed by atoms with van der Waals surface area (Å²) < 4.78 is 10.2. The van der Waals surface area contributed by atoms with E-state index in [2.05, 4.69) is 15.6 Å². The number of benzene rings is 1. The number of hydrogen-bond donors (Lipinski definition) is 1. The number of fused-ring (bicyclic) bond motifs is 1. The number of anilines is 1. The van der Waals surface area contributed by atoms with Crippen LogP contribution in [0.1, 0.15) is 11.5 Å². The van der Waals surface area contributed by atoms with Gasteiger partial charge in [0.15, 0.2) is 11.4 Å². The van der Waals surface area contributed by atoms with Gasteiger partial charge in [0, 0.05) is 37.6 Å². The van der Waals surface area contributed by atoms with Crippen LogP contribution in [0.3, 0.4) is 0 Å². The van der Waals surface area contributed by atoms with Gasteiger partial charge in [-0.2, -0.15) is 0 Å². The van der Waals surface area contributed by atoms with Crippen LogP contribution in [0.25, 0.3) is 11.0 Å². The average Bonchev–Trinajstić information content (AvgIpc) is 3.28. The Kier molecular flexibility index (Phi) is 5.07. The zero-order valence-electron chi connectivity index (χ0n) is 15.6. The fourth-order valence-electron chi connectivity index (χ4n) is 3.29. The van der Waals surface area contributed by atoms with Gasteiger partial charge in [0.1, 0.15) is 11.5 Å². The lowest BCUT2D eigenvalue weighted by Crippen LogP contribution is -2.50. The van der Waals surface area contributed by atoms with Gasteiger partial charge in [0.2, 0.25) is 11.8 Å². The zero-order valence-corrected chi connectivity index (χ0v) is 15.6. The minimum atomic E-state index is -0.151. The van der Waals surface area contributed by atoms with Gasteiger partial charge in [-0.25, -0.2) is 0 Å². The van der Waals surface area contributed by atoms with Gasteiger partial charge < -0.3 is 19.3 Å². The Morgan fingerprint density at radius 1 is 1.11 bits per heavy atom. The second-order valence-corrected chi connectivity index (χ2v) is 6.83. The van der Waals surface area contributed by atoms with E-state index >= 15 is 0 Å². The van der Waals surface area contributed by atoms with Gasteiger partial charge in [-0.1, -0.05) is 22.4 Å². The molecular weight excluding hydrogens is 362 g/mol. The van der Waals surface area contributed by atoms with Crippen molar-refractivity contribution in [1.82, 2.24) is 20.1 Å². The Hall–Kier alpha value is -3.20. The van der Waals surface area contributed by atoms with E-state index in [-0.39, 0.29) is 24.8 Å². The van der Waals surface area contributed by atoms with Crippen LogP contribution in [-0.4, -0.2) is 64.7 Å². The van der Waals surface area contributed by atoms with Crippen LogP contribution in [0.15, 0.2) is 39.4 Å². The van der Waals surface area contributed by atoms with Crippen molar-refractivity contribution in [2.24, 2.45) is 0 Å². The number of amides is 2. The quantitative estimate of drug-likeness (QED) is 0.711. The number of para-hydroxylation sites is 1. The molecule has 9 nitrogen and oxygen atoms in total. The van der Waals surface area contributed by atoms with Gasteiger partial charge in [-0.05, 0) is 19.1 Å². The second kappa shape index (κ2) is 7.81. The van der Waals surface area contributed by atoms with Crippen LogP contribution in [0, 0.1) is 6.92 Å². The zero-order chi connectivity index (χ0) is 19.5. The van der Waals surface area contributed by atoms with E-state index in [0.29, 0.717) is 49.0 Å². The molecule has 1 aromatic carbocycles. The van der Waals surface area contributed by atoms with Gasteiger partial charge in [-0.15, -0.1) is 0 Å². The number of hydrogen-bond acceptors (Lipinski definition) is 7. The summed E-state index contributed by atoms with van der Waals surface area (Å²) >= 11 is 0. The van der Waals surface area contributed by atoms with E-state index in [4.69, 9.17) is 9.05 Å². The lowest BCUT2D eigenvalue weighted by molar-refractivity contribution is -0.132. The van der Waals surface area contributed by atoms with Crippen molar-refractivity contribution in [2.75, 3.05) is 38.0 Å². The highest BCUT2D eigenvalue weighted by molar-refractivity contribution is 5.91. The van der Waals surface area contributed by atoms with Crippen LogP contribution in [0.4, 0.5) is 5.82 Å². The highest BCUT2D eigenvalue weighted by Crippen LogP contribution is 2.19. The molecule has 0 radical (unpaired) electrons. The largest absolute Gasteiger partial charge is 0.360 e. The van der Waals surface area contributed by atoms with Crippen molar-refractivity contribution in [3.63, 3.8) is 0 Å². The van der Waals surface area contributed by atoms with Crippen LogP contribution in [0.2, 0.25) is 0 Å². The summed E-state index contributed by atoms with van der Waals surface area (Å²) in [6, 6.07) is 9.18. The molecule has 0 bridgehead atoms. The van der Waals surface area contributed by atoms with Gasteiger partial charge in [0.05, 0.1) is 13.0 Å². The number of aromatic nitrogens is 2. The van der Waals surface area contributed by atoms with E-state index in [9.17, 15) is 9.59 Å². The first kappa shape index (κ1) is 18.2. The Balaban J connectivity index is 1.26. The molecule has 2 amide bonds. The fourth-order valence-corrected chi connectivity index (χ4v) is 3.29. The molecule has 0 aliphatic carbocycles. The van der Waals surface area contributed by atoms with E-state index in [0.717, 1.165) is 5.39 Å². The van der Waals surface area contributed by atoms with Crippen molar-refractivity contribution in [3.05, 3.63) is 41.8 Å². The van der Waals surface area contributed by atoms with Crippen LogP contribution in [0.5, 0.6) is 0 Å². The topological polar surface area (TPSA) is 105 Å². The minimum Gasteiger partial charge on any atom is -0.360 e. The van der Waals surface area contributed by atoms with Crippen molar-refractivity contribution in [2.45, 2.75) is 13.3 Å². The maximum absolute atomic E-state index is 12.6. The molecule has 146 valence electrons. The van der Waals surface area contributed by atoms with Crippen molar-refractivity contribution in [1.29, 1.82) is 0 Å². The maximum atomic E-state index is 12.6. The number of aryl methyl sites for hydroxylation is 1. The molecule has 1 aliphatic heterocycles. The molecule has 1 saturated heterocycles. The monoisotopic (exact) mass is 383 g/mol. The van der Waals surface area contributed by atoms with Gasteiger partial charge >= 0.3 is 0 Å². The Bertz CT molecular complexity index is 987. The number of rotatable bonds is 5. The van der Waals surface area contributed by atoms with E-state index in [1.54, 1.807) is 17.9 Å². The van der Waals surface area contributed by atoms with E-state index in [1.807, 2.05) is 29.2 Å². The summed E-state index contributed by atoms with van der Waals surface area (Å²) in [5, 5.41) is 11.4. The van der Waals surface area contributed by atoms with E-state index < -0.39 is 0 Å². The molecule has 4 rings (SSSR count). The normalized spacial score (nSPS) is 15.1. The molecule has 1 N–H and O–H groups in total. The van der Waals surface area contributed by atoms with Gasteiger partial charge in [0.25, 0.3) is 0 Å². The number of piperazine rings is 1. The molecule has 9 heteroatoms. The Labute approximate surface area is 161 Å². The molecule has 0 spiro atoms. The third kappa shape index (κ3) is 4.04. The average molecular weight is 383 g/mol. The highest BCUT2D eigenvalue weighted by Gasteiger charge is 2.24. The summed E-state index contributed by atoms with van der Waals surface area (Å²) in [4.78, 5) is 28.5. The van der Waals surface area contributed by atoms with Gasteiger partial charge in [-0.3, -0.25) is 14.5 Å². The molecule has 0 atom stereocenters. The molecule has 1 aliphatic rings. The molecule has 1 fully saturated rings. The summed E-state index contributed by atoms with van der Waals surface area (Å²) in [5.74, 6) is 0.918. The van der Waals surface area contributed by atoms with Crippen molar-refractivity contribution < 1.29 is 18.6 Å². The highest BCUT2D eigenvalue weighted by atomic mass is 16.5. The number of carbonyl (C=O) groups excluding carboxylic acids is 2. The minimum absolute atomic E-state index is 0.0150. The summed E-state index contributed by atoms with van der Waals surface area (Å²) in [7, 11) is 0. The SMILES string of the molecule is Cc1cc(NC(=O)CN2CCN(C(=O)Cc3noc4ccccc34)CC2)no1. The third-order valence-electron chi connectivity index (χ3n) is 4.76.